The van der Waals surface area contributed by atoms with E-state index < -0.39 is 0 Å². The maximum Gasteiger partial charge on any atom is 0.222 e. The van der Waals surface area contributed by atoms with E-state index in [2.05, 4.69) is 0 Å². The first-order valence-electron chi connectivity index (χ1n) is 8.29. The molecule has 1 aromatic carbocycles. The highest BCUT2D eigenvalue weighted by Gasteiger charge is 2.22. The number of halogens is 1. The third-order valence-electron chi connectivity index (χ3n) is 4.26. The van der Waals surface area contributed by atoms with Crippen LogP contribution in [0.5, 0.6) is 0 Å². The summed E-state index contributed by atoms with van der Waals surface area (Å²) in [7, 11) is 0. The van der Waals surface area contributed by atoms with Crippen molar-refractivity contribution in [2.45, 2.75) is 39.0 Å². The van der Waals surface area contributed by atoms with Crippen LogP contribution in [0.1, 0.15) is 38.2 Å². The Morgan fingerprint density at radius 3 is 2.82 bits per heavy atom. The van der Waals surface area contributed by atoms with Crippen LogP contribution in [0, 0.1) is 11.7 Å². The molecule has 0 bridgehead atoms. The van der Waals surface area contributed by atoms with E-state index >= 15 is 0 Å². The topological polar surface area (TPSA) is 29.5 Å². The van der Waals surface area contributed by atoms with Crippen molar-refractivity contribution in [3.63, 3.8) is 0 Å². The maximum absolute atomic E-state index is 13.2. The van der Waals surface area contributed by atoms with E-state index in [0.717, 1.165) is 44.3 Å². The Morgan fingerprint density at radius 1 is 1.36 bits per heavy atom. The SMILES string of the molecule is CCOCCCC(=O)N1CCC(Cc2cccc(F)c2)CC1. The van der Waals surface area contributed by atoms with E-state index in [4.69, 9.17) is 4.74 Å². The minimum Gasteiger partial charge on any atom is -0.382 e. The van der Waals surface area contributed by atoms with Crippen molar-refractivity contribution >= 4 is 5.91 Å². The van der Waals surface area contributed by atoms with Crippen molar-refractivity contribution in [3.05, 3.63) is 35.6 Å². The molecule has 0 radical (unpaired) electrons. The van der Waals surface area contributed by atoms with Gasteiger partial charge in [-0.05, 0) is 56.2 Å². The van der Waals surface area contributed by atoms with Gasteiger partial charge in [0.15, 0.2) is 0 Å². The molecule has 122 valence electrons. The number of hydrogen-bond donors (Lipinski definition) is 0. The Bertz CT molecular complexity index is 470. The van der Waals surface area contributed by atoms with Crippen molar-refractivity contribution in [2.24, 2.45) is 5.92 Å². The number of ether oxygens (including phenoxy) is 1. The fraction of sp³-hybridized carbons (Fsp3) is 0.611. The first-order valence-corrected chi connectivity index (χ1v) is 8.29. The molecule has 0 unspecified atom stereocenters. The van der Waals surface area contributed by atoms with E-state index in [1.165, 1.54) is 6.07 Å². The molecule has 1 heterocycles. The van der Waals surface area contributed by atoms with E-state index in [-0.39, 0.29) is 11.7 Å². The summed E-state index contributed by atoms with van der Waals surface area (Å²) in [6, 6.07) is 6.84. The predicted octanol–water partition coefficient (Wildman–Crippen LogP) is 3.42. The average Bonchev–Trinajstić information content (AvgIpc) is 2.52. The molecule has 1 aromatic rings. The van der Waals surface area contributed by atoms with Gasteiger partial charge in [0.25, 0.3) is 0 Å². The Morgan fingerprint density at radius 2 is 2.14 bits per heavy atom. The zero-order chi connectivity index (χ0) is 15.8. The number of carbonyl (C=O) groups is 1. The van der Waals surface area contributed by atoms with Crippen LogP contribution in [0.25, 0.3) is 0 Å². The lowest BCUT2D eigenvalue weighted by Crippen LogP contribution is -2.38. The summed E-state index contributed by atoms with van der Waals surface area (Å²) in [6.07, 6.45) is 4.30. The standard InChI is InChI=1S/C18H26FNO2/c1-2-22-12-4-7-18(21)20-10-8-15(9-11-20)13-16-5-3-6-17(19)14-16/h3,5-6,14-15H,2,4,7-13H2,1H3. The fourth-order valence-corrected chi connectivity index (χ4v) is 3.01. The second-order valence-corrected chi connectivity index (χ2v) is 5.96. The Hall–Kier alpha value is -1.42. The minimum absolute atomic E-state index is 0.167. The van der Waals surface area contributed by atoms with Crippen molar-refractivity contribution in [2.75, 3.05) is 26.3 Å². The maximum atomic E-state index is 13.2. The largest absolute Gasteiger partial charge is 0.382 e. The molecule has 1 amide bonds. The molecule has 4 heteroatoms. The summed E-state index contributed by atoms with van der Waals surface area (Å²) in [5, 5.41) is 0. The molecule has 1 aliphatic heterocycles. The van der Waals surface area contributed by atoms with Crippen LogP contribution in [-0.4, -0.2) is 37.1 Å². The average molecular weight is 307 g/mol. The van der Waals surface area contributed by atoms with Crippen LogP contribution in [0.2, 0.25) is 0 Å². The number of carbonyl (C=O) groups excluding carboxylic acids is 1. The molecule has 0 N–H and O–H groups in total. The molecule has 2 rings (SSSR count). The molecule has 0 saturated carbocycles. The quantitative estimate of drug-likeness (QED) is 0.722. The molecule has 0 atom stereocenters. The van der Waals surface area contributed by atoms with Gasteiger partial charge in [-0.2, -0.15) is 0 Å². The van der Waals surface area contributed by atoms with Gasteiger partial charge < -0.3 is 9.64 Å². The van der Waals surface area contributed by atoms with Crippen molar-refractivity contribution in [1.82, 2.24) is 4.90 Å². The van der Waals surface area contributed by atoms with Gasteiger partial charge in [0.1, 0.15) is 5.82 Å². The van der Waals surface area contributed by atoms with Crippen LogP contribution in [0.15, 0.2) is 24.3 Å². The van der Waals surface area contributed by atoms with Gasteiger partial charge in [0.2, 0.25) is 5.91 Å². The van der Waals surface area contributed by atoms with Gasteiger partial charge in [-0.15, -0.1) is 0 Å². The van der Waals surface area contributed by atoms with Crippen LogP contribution in [0.4, 0.5) is 4.39 Å². The summed E-state index contributed by atoms with van der Waals surface area (Å²) in [6.45, 7) is 4.99. The number of likely N-dealkylation sites (tertiary alicyclic amines) is 1. The summed E-state index contributed by atoms with van der Waals surface area (Å²) >= 11 is 0. The van der Waals surface area contributed by atoms with E-state index in [0.29, 0.717) is 25.6 Å². The van der Waals surface area contributed by atoms with Gasteiger partial charge in [-0.3, -0.25) is 4.79 Å². The van der Waals surface area contributed by atoms with Crippen molar-refractivity contribution in [1.29, 1.82) is 0 Å². The van der Waals surface area contributed by atoms with E-state index in [1.807, 2.05) is 17.9 Å². The smallest absolute Gasteiger partial charge is 0.222 e. The number of amides is 1. The van der Waals surface area contributed by atoms with Gasteiger partial charge in [-0.25, -0.2) is 4.39 Å². The molecule has 0 aromatic heterocycles. The van der Waals surface area contributed by atoms with Crippen molar-refractivity contribution in [3.8, 4) is 0 Å². The highest BCUT2D eigenvalue weighted by Crippen LogP contribution is 2.22. The molecule has 0 spiro atoms. The first-order chi connectivity index (χ1) is 10.7. The number of piperidine rings is 1. The second kappa shape index (κ2) is 8.89. The molecule has 3 nitrogen and oxygen atoms in total. The number of benzene rings is 1. The zero-order valence-corrected chi connectivity index (χ0v) is 13.4. The molecular weight excluding hydrogens is 281 g/mol. The molecular formula is C18H26FNO2. The summed E-state index contributed by atoms with van der Waals surface area (Å²) in [5.41, 5.74) is 1.06. The van der Waals surface area contributed by atoms with Gasteiger partial charge in [-0.1, -0.05) is 12.1 Å². The highest BCUT2D eigenvalue weighted by atomic mass is 19.1. The Labute approximate surface area is 132 Å². The molecule has 22 heavy (non-hydrogen) atoms. The summed E-state index contributed by atoms with van der Waals surface area (Å²) < 4.78 is 18.5. The Balaban J connectivity index is 1.70. The molecule has 1 saturated heterocycles. The lowest BCUT2D eigenvalue weighted by Gasteiger charge is -2.32. The lowest BCUT2D eigenvalue weighted by molar-refractivity contribution is -0.132. The van der Waals surface area contributed by atoms with Crippen LogP contribution in [0.3, 0.4) is 0 Å². The van der Waals surface area contributed by atoms with Gasteiger partial charge in [0.05, 0.1) is 0 Å². The minimum atomic E-state index is -0.167. The van der Waals surface area contributed by atoms with E-state index in [1.54, 1.807) is 12.1 Å². The molecule has 1 aliphatic rings. The highest BCUT2D eigenvalue weighted by molar-refractivity contribution is 5.76. The summed E-state index contributed by atoms with van der Waals surface area (Å²) in [5.74, 6) is 0.623. The molecule has 1 fully saturated rings. The van der Waals surface area contributed by atoms with Crippen LogP contribution in [-0.2, 0) is 16.0 Å². The number of nitrogens with zero attached hydrogens (tertiary/aromatic N) is 1. The lowest BCUT2D eigenvalue weighted by atomic mass is 9.90. The first kappa shape index (κ1) is 16.9. The molecule has 0 aliphatic carbocycles. The summed E-state index contributed by atoms with van der Waals surface area (Å²) in [4.78, 5) is 14.1. The van der Waals surface area contributed by atoms with Crippen LogP contribution >= 0.6 is 0 Å². The van der Waals surface area contributed by atoms with Crippen LogP contribution < -0.4 is 0 Å². The van der Waals surface area contributed by atoms with E-state index in [9.17, 15) is 9.18 Å². The zero-order valence-electron chi connectivity index (χ0n) is 13.4. The monoisotopic (exact) mass is 307 g/mol. The predicted molar refractivity (Wildman–Crippen MR) is 85.1 cm³/mol. The third-order valence-corrected chi connectivity index (χ3v) is 4.26. The normalized spacial score (nSPS) is 16.0. The number of hydrogen-bond acceptors (Lipinski definition) is 2. The van der Waals surface area contributed by atoms with Gasteiger partial charge in [0, 0.05) is 32.7 Å². The fourth-order valence-electron chi connectivity index (χ4n) is 3.01. The third kappa shape index (κ3) is 5.41. The van der Waals surface area contributed by atoms with Gasteiger partial charge >= 0.3 is 0 Å². The van der Waals surface area contributed by atoms with Crippen molar-refractivity contribution < 1.29 is 13.9 Å². The second-order valence-electron chi connectivity index (χ2n) is 5.96. The Kier molecular flexibility index (Phi) is 6.84. The number of rotatable bonds is 7.